The fourth-order valence-electron chi connectivity index (χ4n) is 2.84. The molecule has 0 spiro atoms. The van der Waals surface area contributed by atoms with Crippen molar-refractivity contribution in [1.29, 1.82) is 0 Å². The molecular formula is C15H15F3N2O4S. The number of para-hydroxylation sites is 1. The van der Waals surface area contributed by atoms with Crippen molar-refractivity contribution in [1.82, 2.24) is 10.1 Å². The number of aromatic nitrogens is 2. The van der Waals surface area contributed by atoms with Crippen LogP contribution in [0.15, 0.2) is 28.8 Å². The molecule has 0 aliphatic carbocycles. The van der Waals surface area contributed by atoms with Crippen molar-refractivity contribution in [3.05, 3.63) is 30.2 Å². The largest absolute Gasteiger partial charge is 0.573 e. The van der Waals surface area contributed by atoms with E-state index in [2.05, 4.69) is 14.9 Å². The van der Waals surface area contributed by atoms with Gasteiger partial charge in [-0.3, -0.25) is 0 Å². The Kier molecular flexibility index (Phi) is 4.72. The van der Waals surface area contributed by atoms with Gasteiger partial charge in [0.2, 0.25) is 11.7 Å². The van der Waals surface area contributed by atoms with Gasteiger partial charge in [-0.2, -0.15) is 4.98 Å². The molecule has 1 aromatic heterocycles. The zero-order valence-electron chi connectivity index (χ0n) is 13.0. The second-order valence-corrected chi connectivity index (χ2v) is 8.11. The second kappa shape index (κ2) is 6.66. The fourth-order valence-corrected chi connectivity index (χ4v) is 4.61. The molecule has 25 heavy (non-hydrogen) atoms. The summed E-state index contributed by atoms with van der Waals surface area (Å²) in [5, 5.41) is 3.70. The van der Waals surface area contributed by atoms with Crippen LogP contribution in [-0.4, -0.2) is 36.4 Å². The third-order valence-electron chi connectivity index (χ3n) is 3.84. The Hall–Kier alpha value is -2.10. The van der Waals surface area contributed by atoms with Crippen LogP contribution in [0.5, 0.6) is 5.75 Å². The van der Waals surface area contributed by atoms with E-state index >= 15 is 0 Å². The minimum Gasteiger partial charge on any atom is -0.405 e. The van der Waals surface area contributed by atoms with Crippen LogP contribution in [0, 0.1) is 5.92 Å². The van der Waals surface area contributed by atoms with Gasteiger partial charge in [0.25, 0.3) is 0 Å². The summed E-state index contributed by atoms with van der Waals surface area (Å²) in [6.07, 6.45) is -3.26. The van der Waals surface area contributed by atoms with E-state index in [4.69, 9.17) is 4.52 Å². The van der Waals surface area contributed by atoms with Gasteiger partial charge in [0, 0.05) is 6.42 Å². The minimum absolute atomic E-state index is 0.0338. The first-order chi connectivity index (χ1) is 11.7. The van der Waals surface area contributed by atoms with E-state index in [1.165, 1.54) is 18.2 Å². The third kappa shape index (κ3) is 4.71. The van der Waals surface area contributed by atoms with Gasteiger partial charge in [0.15, 0.2) is 9.84 Å². The van der Waals surface area contributed by atoms with Crippen LogP contribution in [0.2, 0.25) is 0 Å². The van der Waals surface area contributed by atoms with Crippen LogP contribution < -0.4 is 4.74 Å². The maximum absolute atomic E-state index is 12.5. The predicted octanol–water partition coefficient (Wildman–Crippen LogP) is 3.00. The first-order valence-corrected chi connectivity index (χ1v) is 9.42. The highest BCUT2D eigenvalue weighted by Gasteiger charge is 2.33. The average Bonchev–Trinajstić information content (AvgIpc) is 2.93. The molecule has 10 heteroatoms. The molecule has 1 aromatic carbocycles. The van der Waals surface area contributed by atoms with Crippen molar-refractivity contribution in [3.63, 3.8) is 0 Å². The zero-order valence-corrected chi connectivity index (χ0v) is 13.8. The summed E-state index contributed by atoms with van der Waals surface area (Å²) in [7, 11) is -3.06. The molecule has 136 valence electrons. The van der Waals surface area contributed by atoms with Gasteiger partial charge in [-0.25, -0.2) is 8.42 Å². The Labute approximate surface area is 141 Å². The zero-order chi connectivity index (χ0) is 18.1. The molecule has 1 fully saturated rings. The van der Waals surface area contributed by atoms with E-state index in [0.29, 0.717) is 6.42 Å². The molecular weight excluding hydrogens is 361 g/mol. The molecule has 0 radical (unpaired) electrons. The minimum atomic E-state index is -4.83. The Balaban J connectivity index is 1.78. The van der Waals surface area contributed by atoms with Crippen LogP contribution in [0.1, 0.15) is 18.7 Å². The van der Waals surface area contributed by atoms with Gasteiger partial charge in [-0.1, -0.05) is 17.3 Å². The summed E-state index contributed by atoms with van der Waals surface area (Å²) in [5.41, 5.74) is 0.0473. The van der Waals surface area contributed by atoms with Gasteiger partial charge >= 0.3 is 6.36 Å². The van der Waals surface area contributed by atoms with Crippen LogP contribution in [0.25, 0.3) is 11.4 Å². The third-order valence-corrected chi connectivity index (χ3v) is 5.73. The lowest BCUT2D eigenvalue weighted by Gasteiger charge is -2.19. The molecule has 1 saturated heterocycles. The Morgan fingerprint density at radius 1 is 1.28 bits per heavy atom. The number of halogens is 3. The molecule has 0 amide bonds. The number of ether oxygens (including phenoxy) is 1. The lowest BCUT2D eigenvalue weighted by Crippen LogP contribution is -2.26. The van der Waals surface area contributed by atoms with Crippen molar-refractivity contribution >= 4 is 9.84 Å². The van der Waals surface area contributed by atoms with E-state index in [1.807, 2.05) is 0 Å². The van der Waals surface area contributed by atoms with Crippen molar-refractivity contribution in [3.8, 4) is 17.1 Å². The molecule has 3 rings (SSSR count). The van der Waals surface area contributed by atoms with E-state index in [1.54, 1.807) is 0 Å². The Morgan fingerprint density at radius 2 is 2.04 bits per heavy atom. The van der Waals surface area contributed by atoms with Crippen molar-refractivity contribution in [2.75, 3.05) is 11.5 Å². The molecule has 1 aliphatic rings. The van der Waals surface area contributed by atoms with Gasteiger partial charge in [0.1, 0.15) is 5.75 Å². The lowest BCUT2D eigenvalue weighted by atomic mass is 10.0. The summed E-state index contributed by atoms with van der Waals surface area (Å²) in [6, 6.07) is 5.48. The number of sulfone groups is 1. The quantitative estimate of drug-likeness (QED) is 0.816. The Morgan fingerprint density at radius 3 is 2.76 bits per heavy atom. The van der Waals surface area contributed by atoms with E-state index in [9.17, 15) is 21.6 Å². The van der Waals surface area contributed by atoms with Gasteiger partial charge in [0.05, 0.1) is 17.1 Å². The van der Waals surface area contributed by atoms with Crippen molar-refractivity contribution in [2.45, 2.75) is 25.6 Å². The molecule has 1 atom stereocenters. The molecule has 1 unspecified atom stereocenters. The van der Waals surface area contributed by atoms with E-state index < -0.39 is 21.9 Å². The van der Waals surface area contributed by atoms with E-state index in [0.717, 1.165) is 12.5 Å². The first-order valence-electron chi connectivity index (χ1n) is 7.60. The highest BCUT2D eigenvalue weighted by atomic mass is 32.2. The Bertz CT molecular complexity index is 848. The summed E-state index contributed by atoms with van der Waals surface area (Å²) < 4.78 is 69.8. The van der Waals surface area contributed by atoms with Crippen molar-refractivity contribution < 1.29 is 30.8 Å². The number of rotatable bonds is 4. The molecule has 0 N–H and O–H groups in total. The smallest absolute Gasteiger partial charge is 0.405 e. The second-order valence-electron chi connectivity index (χ2n) is 5.88. The van der Waals surface area contributed by atoms with Gasteiger partial charge in [-0.05, 0) is 30.9 Å². The van der Waals surface area contributed by atoms with Crippen LogP contribution in [-0.2, 0) is 16.3 Å². The summed E-state index contributed by atoms with van der Waals surface area (Å²) >= 11 is 0. The number of alkyl halides is 3. The molecule has 0 bridgehead atoms. The molecule has 1 aliphatic heterocycles. The number of hydrogen-bond acceptors (Lipinski definition) is 6. The normalized spacial score (nSPS) is 20.4. The molecule has 6 nitrogen and oxygen atoms in total. The van der Waals surface area contributed by atoms with Crippen LogP contribution >= 0.6 is 0 Å². The fraction of sp³-hybridized carbons (Fsp3) is 0.467. The molecule has 0 saturated carbocycles. The summed E-state index contributed by atoms with van der Waals surface area (Å²) in [6.45, 7) is 0. The highest BCUT2D eigenvalue weighted by Crippen LogP contribution is 2.32. The summed E-state index contributed by atoms with van der Waals surface area (Å²) in [4.78, 5) is 4.09. The van der Waals surface area contributed by atoms with Gasteiger partial charge in [-0.15, -0.1) is 13.2 Å². The SMILES string of the molecule is O=S1(=O)CCCC(Cc2nc(-c3ccccc3OC(F)(F)F)no2)C1. The maximum atomic E-state index is 12.5. The first kappa shape index (κ1) is 17.7. The van der Waals surface area contributed by atoms with Crippen LogP contribution in [0.3, 0.4) is 0 Å². The number of benzene rings is 1. The summed E-state index contributed by atoms with van der Waals surface area (Å²) in [5.74, 6) is -0.164. The predicted molar refractivity (Wildman–Crippen MR) is 81.5 cm³/mol. The topological polar surface area (TPSA) is 82.3 Å². The van der Waals surface area contributed by atoms with Crippen molar-refractivity contribution in [2.24, 2.45) is 5.92 Å². The monoisotopic (exact) mass is 376 g/mol. The lowest BCUT2D eigenvalue weighted by molar-refractivity contribution is -0.274. The van der Waals surface area contributed by atoms with E-state index in [-0.39, 0.29) is 41.1 Å². The standard InChI is InChI=1S/C15H15F3N2O4S/c16-15(17,18)23-12-6-2-1-5-11(12)14-19-13(24-20-14)8-10-4-3-7-25(21,22)9-10/h1-2,5-6,10H,3-4,7-9H2. The number of nitrogens with zero attached hydrogens (tertiary/aromatic N) is 2. The number of hydrogen-bond donors (Lipinski definition) is 0. The van der Waals surface area contributed by atoms with Gasteiger partial charge < -0.3 is 9.26 Å². The van der Waals surface area contributed by atoms with Crippen LogP contribution in [0.4, 0.5) is 13.2 Å². The highest BCUT2D eigenvalue weighted by molar-refractivity contribution is 7.91. The molecule has 2 heterocycles. The molecule has 2 aromatic rings. The average molecular weight is 376 g/mol. The maximum Gasteiger partial charge on any atom is 0.573 e.